The smallest absolute Gasteiger partial charge is 0.269 e. The second-order valence-corrected chi connectivity index (χ2v) is 2.99. The van der Waals surface area contributed by atoms with E-state index in [1.807, 2.05) is 4.90 Å². The van der Waals surface area contributed by atoms with Crippen LogP contribution < -0.4 is 4.90 Å². The lowest BCUT2D eigenvalue weighted by molar-refractivity contribution is -0.384. The molecule has 0 saturated heterocycles. The van der Waals surface area contributed by atoms with E-state index >= 15 is 0 Å². The normalized spacial score (nSPS) is 14.7. The minimum atomic E-state index is -0.401. The first-order valence-corrected chi connectivity index (χ1v) is 4.28. The molecule has 1 aromatic rings. The number of nitro benzene ring substituents is 1. The van der Waals surface area contributed by atoms with Gasteiger partial charge in [0.15, 0.2) is 0 Å². The molecule has 14 heavy (non-hydrogen) atoms. The van der Waals surface area contributed by atoms with E-state index in [9.17, 15) is 10.1 Å². The molecule has 72 valence electrons. The summed E-state index contributed by atoms with van der Waals surface area (Å²) in [5.74, 6) is 0. The monoisotopic (exact) mass is 191 g/mol. The van der Waals surface area contributed by atoms with E-state index in [-0.39, 0.29) is 5.69 Å². The number of hydrogen-bond acceptors (Lipinski definition) is 4. The molecule has 2 rings (SSSR count). The summed E-state index contributed by atoms with van der Waals surface area (Å²) < 4.78 is 0. The molecule has 5 nitrogen and oxygen atoms in total. The molecule has 1 aliphatic heterocycles. The first-order chi connectivity index (χ1) is 6.77. The minimum absolute atomic E-state index is 0.116. The average molecular weight is 191 g/mol. The largest absolute Gasteiger partial charge is 0.331 e. The van der Waals surface area contributed by atoms with Crippen LogP contribution >= 0.6 is 0 Å². The predicted octanol–water partition coefficient (Wildman–Crippen LogP) is 1.44. The summed E-state index contributed by atoms with van der Waals surface area (Å²) >= 11 is 0. The molecule has 0 radical (unpaired) electrons. The van der Waals surface area contributed by atoms with Crippen LogP contribution in [0.2, 0.25) is 0 Å². The maximum Gasteiger partial charge on any atom is 0.269 e. The maximum atomic E-state index is 10.4. The van der Waals surface area contributed by atoms with Gasteiger partial charge in [0.05, 0.1) is 17.8 Å². The van der Waals surface area contributed by atoms with Gasteiger partial charge >= 0.3 is 0 Å². The molecule has 5 heteroatoms. The summed E-state index contributed by atoms with van der Waals surface area (Å²) in [4.78, 5) is 16.0. The summed E-state index contributed by atoms with van der Waals surface area (Å²) in [6.07, 6.45) is 1.75. The van der Waals surface area contributed by atoms with Gasteiger partial charge in [0.1, 0.15) is 0 Å². The van der Waals surface area contributed by atoms with E-state index in [1.165, 1.54) is 12.1 Å². The third-order valence-corrected chi connectivity index (χ3v) is 2.08. The Labute approximate surface area is 80.8 Å². The Morgan fingerprint density at radius 2 is 2.07 bits per heavy atom. The zero-order valence-electron chi connectivity index (χ0n) is 7.46. The molecular weight excluding hydrogens is 182 g/mol. The summed E-state index contributed by atoms with van der Waals surface area (Å²) in [6, 6.07) is 6.47. The van der Waals surface area contributed by atoms with Crippen molar-refractivity contribution in [3.63, 3.8) is 0 Å². The van der Waals surface area contributed by atoms with E-state index in [0.29, 0.717) is 0 Å². The van der Waals surface area contributed by atoms with E-state index in [0.717, 1.165) is 18.8 Å². The van der Waals surface area contributed by atoms with E-state index in [2.05, 4.69) is 4.99 Å². The fourth-order valence-electron chi connectivity index (χ4n) is 1.34. The highest BCUT2D eigenvalue weighted by molar-refractivity contribution is 5.81. The number of non-ortho nitro benzene ring substituents is 1. The molecule has 0 saturated carbocycles. The standard InChI is InChI=1S/C9H9N3O2/c13-12(14)9-3-1-8(2-4-9)11-6-5-10-7-11/h1-4,7H,5-6H2. The van der Waals surface area contributed by atoms with Crippen molar-refractivity contribution in [3.8, 4) is 0 Å². The Bertz CT molecular complexity index is 372. The second kappa shape index (κ2) is 3.45. The van der Waals surface area contributed by atoms with Gasteiger partial charge in [0.25, 0.3) is 5.69 Å². The van der Waals surface area contributed by atoms with Crippen molar-refractivity contribution in [1.29, 1.82) is 0 Å². The molecule has 0 unspecified atom stereocenters. The molecule has 0 bridgehead atoms. The van der Waals surface area contributed by atoms with E-state index < -0.39 is 4.92 Å². The molecular formula is C9H9N3O2. The molecule has 1 aromatic carbocycles. The number of nitro groups is 1. The van der Waals surface area contributed by atoms with Crippen LogP contribution in [0.1, 0.15) is 0 Å². The van der Waals surface area contributed by atoms with Crippen molar-refractivity contribution in [1.82, 2.24) is 0 Å². The predicted molar refractivity (Wildman–Crippen MR) is 53.8 cm³/mol. The van der Waals surface area contributed by atoms with Crippen molar-refractivity contribution in [3.05, 3.63) is 34.4 Å². The van der Waals surface area contributed by atoms with Gasteiger partial charge in [-0.05, 0) is 12.1 Å². The van der Waals surface area contributed by atoms with E-state index in [4.69, 9.17) is 0 Å². The fraction of sp³-hybridized carbons (Fsp3) is 0.222. The zero-order chi connectivity index (χ0) is 9.97. The molecule has 1 aliphatic rings. The highest BCUT2D eigenvalue weighted by atomic mass is 16.6. The van der Waals surface area contributed by atoms with Crippen molar-refractivity contribution in [2.75, 3.05) is 18.0 Å². The first kappa shape index (κ1) is 8.68. The summed E-state index contributed by atoms with van der Waals surface area (Å²) in [5, 5.41) is 10.4. The molecule has 0 aromatic heterocycles. The summed E-state index contributed by atoms with van der Waals surface area (Å²) in [7, 11) is 0. The number of nitrogens with zero attached hydrogens (tertiary/aromatic N) is 3. The quantitative estimate of drug-likeness (QED) is 0.525. The van der Waals surface area contributed by atoms with Crippen LogP contribution in [0.15, 0.2) is 29.3 Å². The van der Waals surface area contributed by atoms with Gasteiger partial charge in [0.2, 0.25) is 0 Å². The van der Waals surface area contributed by atoms with Crippen LogP contribution in [-0.2, 0) is 0 Å². The molecule has 0 fully saturated rings. The Kier molecular flexibility index (Phi) is 2.14. The van der Waals surface area contributed by atoms with Crippen molar-refractivity contribution < 1.29 is 4.92 Å². The van der Waals surface area contributed by atoms with Crippen LogP contribution in [0.5, 0.6) is 0 Å². The fourth-order valence-corrected chi connectivity index (χ4v) is 1.34. The number of rotatable bonds is 2. The zero-order valence-corrected chi connectivity index (χ0v) is 7.46. The second-order valence-electron chi connectivity index (χ2n) is 2.99. The topological polar surface area (TPSA) is 58.7 Å². The average Bonchev–Trinajstić information content (AvgIpc) is 2.71. The van der Waals surface area contributed by atoms with Gasteiger partial charge in [0, 0.05) is 24.4 Å². The number of hydrogen-bond donors (Lipinski definition) is 0. The van der Waals surface area contributed by atoms with Gasteiger partial charge in [-0.25, -0.2) is 0 Å². The Hall–Kier alpha value is -1.91. The van der Waals surface area contributed by atoms with Gasteiger partial charge in [-0.2, -0.15) is 0 Å². The Morgan fingerprint density at radius 3 is 2.57 bits per heavy atom. The molecule has 0 spiro atoms. The lowest BCUT2D eigenvalue weighted by Crippen LogP contribution is -2.17. The van der Waals surface area contributed by atoms with Gasteiger partial charge in [-0.1, -0.05) is 0 Å². The van der Waals surface area contributed by atoms with Crippen LogP contribution in [0.3, 0.4) is 0 Å². The van der Waals surface area contributed by atoms with Crippen molar-refractivity contribution in [2.24, 2.45) is 4.99 Å². The number of aliphatic imine (C=N–C) groups is 1. The lowest BCUT2D eigenvalue weighted by Gasteiger charge is -2.12. The number of benzene rings is 1. The lowest BCUT2D eigenvalue weighted by atomic mass is 10.2. The third-order valence-electron chi connectivity index (χ3n) is 2.08. The van der Waals surface area contributed by atoms with E-state index in [1.54, 1.807) is 18.5 Å². The van der Waals surface area contributed by atoms with Crippen LogP contribution in [0, 0.1) is 10.1 Å². The molecule has 0 aliphatic carbocycles. The van der Waals surface area contributed by atoms with Gasteiger partial charge < -0.3 is 4.90 Å². The maximum absolute atomic E-state index is 10.4. The molecule has 0 atom stereocenters. The SMILES string of the molecule is O=[N+]([O-])c1ccc(N2C=NCC2)cc1. The van der Waals surface area contributed by atoms with Crippen molar-refractivity contribution in [2.45, 2.75) is 0 Å². The highest BCUT2D eigenvalue weighted by Crippen LogP contribution is 2.19. The highest BCUT2D eigenvalue weighted by Gasteiger charge is 2.09. The molecule has 0 N–H and O–H groups in total. The summed E-state index contributed by atoms with van der Waals surface area (Å²) in [6.45, 7) is 1.63. The Balaban J connectivity index is 2.21. The summed E-state index contributed by atoms with van der Waals surface area (Å²) in [5.41, 5.74) is 1.06. The van der Waals surface area contributed by atoms with Gasteiger partial charge in [-0.3, -0.25) is 15.1 Å². The minimum Gasteiger partial charge on any atom is -0.331 e. The van der Waals surface area contributed by atoms with Crippen LogP contribution in [-0.4, -0.2) is 24.4 Å². The Morgan fingerprint density at radius 1 is 1.36 bits per heavy atom. The van der Waals surface area contributed by atoms with Crippen molar-refractivity contribution >= 4 is 17.7 Å². The molecule has 1 heterocycles. The third kappa shape index (κ3) is 1.56. The van der Waals surface area contributed by atoms with Crippen LogP contribution in [0.4, 0.5) is 11.4 Å². The van der Waals surface area contributed by atoms with Gasteiger partial charge in [-0.15, -0.1) is 0 Å². The first-order valence-electron chi connectivity index (χ1n) is 4.28. The number of anilines is 1. The van der Waals surface area contributed by atoms with Crippen LogP contribution in [0.25, 0.3) is 0 Å². The molecule has 0 amide bonds.